The molecule has 0 bridgehead atoms. The van der Waals surface area contributed by atoms with Crippen molar-refractivity contribution in [3.05, 3.63) is 59.7 Å². The highest BCUT2D eigenvalue weighted by Crippen LogP contribution is 2.36. The average molecular weight is 342 g/mol. The van der Waals surface area contributed by atoms with Gasteiger partial charge >= 0.3 is 7.12 Å². The third-order valence-electron chi connectivity index (χ3n) is 4.99. The van der Waals surface area contributed by atoms with E-state index in [-0.39, 0.29) is 0 Å². The van der Waals surface area contributed by atoms with Crippen LogP contribution < -0.4 is 10.2 Å². The smallest absolute Gasteiger partial charge is 0.489 e. The lowest BCUT2D eigenvalue weighted by atomic mass is 9.78. The van der Waals surface area contributed by atoms with Crippen molar-refractivity contribution in [2.75, 3.05) is 0 Å². The standard InChI is InChI=1S/C20H24BFO3/c1-19(2)20(3,4)25-21(24-19)17-10-11-18(16(12-17)13-22)23-14-15-8-6-5-7-9-15/h5-12H,13-14H2,1-4H3. The Balaban J connectivity index is 1.76. The van der Waals surface area contributed by atoms with Gasteiger partial charge in [0.1, 0.15) is 19.0 Å². The summed E-state index contributed by atoms with van der Waals surface area (Å²) in [5.41, 5.74) is 1.51. The summed E-state index contributed by atoms with van der Waals surface area (Å²) in [4.78, 5) is 0. The maximum Gasteiger partial charge on any atom is 0.494 e. The molecule has 1 aliphatic rings. The zero-order chi connectivity index (χ0) is 18.1. The van der Waals surface area contributed by atoms with E-state index in [1.165, 1.54) is 0 Å². The van der Waals surface area contributed by atoms with Crippen molar-refractivity contribution in [3.63, 3.8) is 0 Å². The Labute approximate surface area is 149 Å². The van der Waals surface area contributed by atoms with Gasteiger partial charge in [-0.3, -0.25) is 0 Å². The van der Waals surface area contributed by atoms with Crippen LogP contribution in [-0.4, -0.2) is 18.3 Å². The largest absolute Gasteiger partial charge is 0.494 e. The summed E-state index contributed by atoms with van der Waals surface area (Å²) < 4.78 is 31.4. The van der Waals surface area contributed by atoms with Gasteiger partial charge in [-0.1, -0.05) is 42.5 Å². The fraction of sp³-hybridized carbons (Fsp3) is 0.400. The maximum absolute atomic E-state index is 13.5. The predicted octanol–water partition coefficient (Wildman–Crippen LogP) is 4.03. The van der Waals surface area contributed by atoms with E-state index >= 15 is 0 Å². The fourth-order valence-corrected chi connectivity index (χ4v) is 2.71. The Morgan fingerprint density at radius 1 is 0.960 bits per heavy atom. The second-order valence-corrected chi connectivity index (χ2v) is 7.36. The second-order valence-electron chi connectivity index (χ2n) is 7.36. The third kappa shape index (κ3) is 3.72. The van der Waals surface area contributed by atoms with E-state index in [0.29, 0.717) is 17.9 Å². The number of alkyl halides is 1. The Morgan fingerprint density at radius 3 is 2.20 bits per heavy atom. The van der Waals surface area contributed by atoms with Crippen LogP contribution in [0.4, 0.5) is 4.39 Å². The molecule has 5 heteroatoms. The van der Waals surface area contributed by atoms with Crippen molar-refractivity contribution >= 4 is 12.6 Å². The first-order valence-electron chi connectivity index (χ1n) is 8.53. The van der Waals surface area contributed by atoms with Crippen molar-refractivity contribution in [1.29, 1.82) is 0 Å². The lowest BCUT2D eigenvalue weighted by Crippen LogP contribution is -2.41. The first-order chi connectivity index (χ1) is 11.8. The van der Waals surface area contributed by atoms with Crippen molar-refractivity contribution in [3.8, 4) is 5.75 Å². The van der Waals surface area contributed by atoms with Gasteiger partial charge in [-0.05, 0) is 44.8 Å². The summed E-state index contributed by atoms with van der Waals surface area (Å²) in [5.74, 6) is 0.548. The zero-order valence-corrected chi connectivity index (χ0v) is 15.2. The van der Waals surface area contributed by atoms with Crippen molar-refractivity contribution < 1.29 is 18.4 Å². The molecule has 3 rings (SSSR count). The van der Waals surface area contributed by atoms with Crippen LogP contribution in [0.2, 0.25) is 0 Å². The first-order valence-corrected chi connectivity index (χ1v) is 8.53. The molecule has 0 aliphatic carbocycles. The van der Waals surface area contributed by atoms with Crippen LogP contribution in [0.5, 0.6) is 5.75 Å². The minimum absolute atomic E-state index is 0.406. The highest BCUT2D eigenvalue weighted by molar-refractivity contribution is 6.62. The van der Waals surface area contributed by atoms with Crippen molar-refractivity contribution in [2.45, 2.75) is 52.2 Å². The summed E-state index contributed by atoms with van der Waals surface area (Å²) >= 11 is 0. The summed E-state index contributed by atoms with van der Waals surface area (Å²) in [5, 5.41) is 0. The van der Waals surface area contributed by atoms with Crippen LogP contribution in [-0.2, 0) is 22.6 Å². The van der Waals surface area contributed by atoms with Gasteiger partial charge in [0.2, 0.25) is 0 Å². The Morgan fingerprint density at radius 2 is 1.60 bits per heavy atom. The molecule has 0 radical (unpaired) electrons. The van der Waals surface area contributed by atoms with Gasteiger partial charge in [-0.2, -0.15) is 0 Å². The van der Waals surface area contributed by atoms with E-state index in [1.54, 1.807) is 12.1 Å². The molecule has 0 saturated carbocycles. The Hall–Kier alpha value is -1.85. The van der Waals surface area contributed by atoms with E-state index in [9.17, 15) is 4.39 Å². The van der Waals surface area contributed by atoms with Crippen LogP contribution >= 0.6 is 0 Å². The molecule has 2 aromatic carbocycles. The Bertz CT molecular complexity index is 715. The minimum atomic E-state index is -0.600. The SMILES string of the molecule is CC1(C)OB(c2ccc(OCc3ccccc3)c(CF)c2)OC1(C)C. The van der Waals surface area contributed by atoms with E-state index in [1.807, 2.05) is 64.1 Å². The number of halogens is 1. The monoisotopic (exact) mass is 342 g/mol. The van der Waals surface area contributed by atoms with Crippen LogP contribution in [0.25, 0.3) is 0 Å². The Kier molecular flexibility index (Phi) is 4.89. The van der Waals surface area contributed by atoms with Gasteiger partial charge in [0, 0.05) is 5.56 Å². The number of hydrogen-bond donors (Lipinski definition) is 0. The molecular formula is C20H24BFO3. The molecule has 0 unspecified atom stereocenters. The van der Waals surface area contributed by atoms with Crippen LogP contribution in [0.15, 0.2) is 48.5 Å². The van der Waals surface area contributed by atoms with Crippen molar-refractivity contribution in [2.24, 2.45) is 0 Å². The van der Waals surface area contributed by atoms with Crippen LogP contribution in [0.3, 0.4) is 0 Å². The molecule has 1 saturated heterocycles. The second kappa shape index (κ2) is 6.81. The van der Waals surface area contributed by atoms with Gasteiger partial charge in [-0.25, -0.2) is 4.39 Å². The number of hydrogen-bond acceptors (Lipinski definition) is 3. The lowest BCUT2D eigenvalue weighted by molar-refractivity contribution is 0.00578. The molecule has 0 N–H and O–H groups in total. The summed E-state index contributed by atoms with van der Waals surface area (Å²) in [6.45, 7) is 7.81. The number of rotatable bonds is 5. The minimum Gasteiger partial charge on any atom is -0.489 e. The number of ether oxygens (including phenoxy) is 1. The molecule has 2 aromatic rings. The average Bonchev–Trinajstić information content (AvgIpc) is 2.81. The maximum atomic E-state index is 13.5. The van der Waals surface area contributed by atoms with E-state index < -0.39 is 25.0 Å². The van der Waals surface area contributed by atoms with Gasteiger partial charge in [-0.15, -0.1) is 0 Å². The van der Waals surface area contributed by atoms with Gasteiger partial charge in [0.05, 0.1) is 11.2 Å². The molecular weight excluding hydrogens is 318 g/mol. The quantitative estimate of drug-likeness (QED) is 0.768. The summed E-state index contributed by atoms with van der Waals surface area (Å²) in [7, 11) is -0.501. The van der Waals surface area contributed by atoms with Gasteiger partial charge in [0.25, 0.3) is 0 Å². The molecule has 1 aliphatic heterocycles. The molecule has 3 nitrogen and oxygen atoms in total. The molecule has 25 heavy (non-hydrogen) atoms. The normalized spacial score (nSPS) is 18.4. The highest BCUT2D eigenvalue weighted by atomic mass is 19.1. The van der Waals surface area contributed by atoms with Gasteiger partial charge < -0.3 is 14.0 Å². The molecule has 0 atom stereocenters. The first kappa shape index (κ1) is 18.0. The highest BCUT2D eigenvalue weighted by Gasteiger charge is 2.51. The predicted molar refractivity (Wildman–Crippen MR) is 97.7 cm³/mol. The number of benzene rings is 2. The summed E-state index contributed by atoms with van der Waals surface area (Å²) in [6, 6.07) is 15.3. The topological polar surface area (TPSA) is 27.7 Å². The molecule has 0 aromatic heterocycles. The summed E-state index contributed by atoms with van der Waals surface area (Å²) in [6.07, 6.45) is 0. The van der Waals surface area contributed by atoms with Crippen LogP contribution in [0, 0.1) is 0 Å². The van der Waals surface area contributed by atoms with E-state index in [0.717, 1.165) is 11.0 Å². The molecule has 0 spiro atoms. The third-order valence-corrected chi connectivity index (χ3v) is 4.99. The van der Waals surface area contributed by atoms with E-state index in [2.05, 4.69) is 0 Å². The fourth-order valence-electron chi connectivity index (χ4n) is 2.71. The van der Waals surface area contributed by atoms with Gasteiger partial charge in [0.15, 0.2) is 0 Å². The van der Waals surface area contributed by atoms with E-state index in [4.69, 9.17) is 14.0 Å². The molecule has 132 valence electrons. The molecule has 1 fully saturated rings. The van der Waals surface area contributed by atoms with Crippen molar-refractivity contribution in [1.82, 2.24) is 0 Å². The lowest BCUT2D eigenvalue weighted by Gasteiger charge is -2.32. The molecule has 1 heterocycles. The van der Waals surface area contributed by atoms with Crippen LogP contribution in [0.1, 0.15) is 38.8 Å². The zero-order valence-electron chi connectivity index (χ0n) is 15.2. The molecule has 0 amide bonds.